The molecule has 204 valence electrons. The quantitative estimate of drug-likeness (QED) is 0.418. The molecule has 0 amide bonds. The smallest absolute Gasteiger partial charge is 0.333 e. The highest BCUT2D eigenvalue weighted by atomic mass is 16.7. The maximum atomic E-state index is 14.3. The Morgan fingerprint density at radius 3 is 2.54 bits per heavy atom. The third kappa shape index (κ3) is 3.69. The number of fused-ring (bicyclic) bond motifs is 6. The second-order valence-electron chi connectivity index (χ2n) is 10.4. The van der Waals surface area contributed by atoms with Crippen LogP contribution in [-0.4, -0.2) is 79.6 Å². The molecule has 0 bridgehead atoms. The average Bonchev–Trinajstić information content (AvgIpc) is 3.22. The number of ketones is 2. The number of esters is 1. The molecule has 4 aliphatic rings. The van der Waals surface area contributed by atoms with Crippen LogP contribution in [0.25, 0.3) is 5.57 Å². The number of aliphatic hydroxyl groups excluding tert-OH is 3. The summed E-state index contributed by atoms with van der Waals surface area (Å²) in [6.45, 7) is 4.69. The molecule has 7 unspecified atom stereocenters. The summed E-state index contributed by atoms with van der Waals surface area (Å²) < 4.78 is 17.2. The van der Waals surface area contributed by atoms with Gasteiger partial charge in [-0.1, -0.05) is 12.1 Å². The van der Waals surface area contributed by atoms with E-state index >= 15 is 0 Å². The van der Waals surface area contributed by atoms with Gasteiger partial charge in [0.15, 0.2) is 11.8 Å². The third-order valence-corrected chi connectivity index (χ3v) is 7.66. The average molecular weight is 538 g/mol. The fourth-order valence-electron chi connectivity index (χ4n) is 5.90. The number of aromatic hydroxyl groups is 1. The molecular weight excluding hydrogens is 510 g/mol. The number of aryl methyl sites for hydroxylation is 1. The fourth-order valence-corrected chi connectivity index (χ4v) is 5.90. The summed E-state index contributed by atoms with van der Waals surface area (Å²) >= 11 is 0. The number of allylic oxidation sites excluding steroid dienone is 2. The Morgan fingerprint density at radius 2 is 1.85 bits per heavy atom. The van der Waals surface area contributed by atoms with Crippen LogP contribution in [0.1, 0.15) is 63.9 Å². The number of hydrogen-bond donors (Lipinski definition) is 4. The van der Waals surface area contributed by atoms with E-state index in [4.69, 9.17) is 14.2 Å². The van der Waals surface area contributed by atoms with Gasteiger partial charge >= 0.3 is 5.97 Å². The molecule has 7 atom stereocenters. The number of ether oxygens (including phenoxy) is 3. The molecule has 2 aromatic carbocycles. The lowest BCUT2D eigenvalue weighted by atomic mass is 9.78. The van der Waals surface area contributed by atoms with Gasteiger partial charge in [0.25, 0.3) is 0 Å². The zero-order valence-electron chi connectivity index (χ0n) is 21.3. The van der Waals surface area contributed by atoms with Gasteiger partial charge in [0.1, 0.15) is 23.3 Å². The van der Waals surface area contributed by atoms with Crippen molar-refractivity contribution in [3.05, 3.63) is 63.8 Å². The van der Waals surface area contributed by atoms with E-state index in [1.54, 1.807) is 19.9 Å². The normalized spacial score (nSPS) is 30.3. The zero-order chi connectivity index (χ0) is 27.9. The highest BCUT2D eigenvalue weighted by molar-refractivity contribution is 6.41. The Hall–Kier alpha value is -3.77. The Morgan fingerprint density at radius 1 is 1.10 bits per heavy atom. The van der Waals surface area contributed by atoms with Crippen LogP contribution in [-0.2, 0) is 14.3 Å². The van der Waals surface area contributed by atoms with Gasteiger partial charge in [-0.3, -0.25) is 9.59 Å². The van der Waals surface area contributed by atoms with Crippen LogP contribution in [0.3, 0.4) is 0 Å². The predicted molar refractivity (Wildman–Crippen MR) is 133 cm³/mol. The van der Waals surface area contributed by atoms with Crippen LogP contribution in [0, 0.1) is 6.92 Å². The number of hydrogen-bond acceptors (Lipinski definition) is 11. The number of Topliss-reactive ketones (excluding diaryl/α,β-unsaturated/α-hetero) is 2. The first-order chi connectivity index (χ1) is 18.5. The minimum absolute atomic E-state index is 0.00806. The van der Waals surface area contributed by atoms with Crippen LogP contribution >= 0.6 is 0 Å². The predicted octanol–water partition coefficient (Wildman–Crippen LogP) is 1.35. The number of nitrogens with zero attached hydrogens (tertiary/aromatic N) is 1. The van der Waals surface area contributed by atoms with Crippen LogP contribution in [0.5, 0.6) is 11.5 Å². The zero-order valence-corrected chi connectivity index (χ0v) is 21.3. The van der Waals surface area contributed by atoms with E-state index in [0.29, 0.717) is 11.1 Å². The van der Waals surface area contributed by atoms with Gasteiger partial charge in [0, 0.05) is 23.1 Å². The lowest BCUT2D eigenvalue weighted by Crippen LogP contribution is -2.49. The van der Waals surface area contributed by atoms with Gasteiger partial charge in [-0.25, -0.2) is 4.79 Å². The Balaban J connectivity index is 1.52. The maximum absolute atomic E-state index is 14.3. The van der Waals surface area contributed by atoms with Crippen LogP contribution in [0.2, 0.25) is 0 Å². The van der Waals surface area contributed by atoms with E-state index in [-0.39, 0.29) is 45.9 Å². The van der Waals surface area contributed by atoms with E-state index in [1.165, 1.54) is 36.1 Å². The molecule has 0 aromatic heterocycles. The number of carbonyl (C=O) groups excluding carboxylic acids is 3. The highest BCUT2D eigenvalue weighted by Gasteiger charge is 2.55. The first-order valence-electron chi connectivity index (χ1n) is 12.6. The topological polar surface area (TPSA) is 163 Å². The van der Waals surface area contributed by atoms with Crippen LogP contribution < -0.4 is 4.74 Å². The summed E-state index contributed by atoms with van der Waals surface area (Å²) in [6.07, 6.45) is -6.47. The third-order valence-electron chi connectivity index (χ3n) is 7.66. The van der Waals surface area contributed by atoms with Crippen molar-refractivity contribution in [2.45, 2.75) is 70.2 Å². The fraction of sp³-hybridized carbons (Fsp3) is 0.393. The number of phenolic OH excluding ortho intramolecular Hbond substituents is 1. The lowest BCUT2D eigenvalue weighted by Gasteiger charge is -2.40. The summed E-state index contributed by atoms with van der Waals surface area (Å²) in [5, 5.41) is 41.6. The number of phenols is 1. The van der Waals surface area contributed by atoms with Crippen molar-refractivity contribution in [3.63, 3.8) is 0 Å². The molecule has 11 heteroatoms. The molecule has 0 saturated carbocycles. The molecule has 6 rings (SSSR count). The number of rotatable bonds is 3. The molecule has 3 aliphatic heterocycles. The summed E-state index contributed by atoms with van der Waals surface area (Å²) in [4.78, 5) is 42.5. The van der Waals surface area contributed by atoms with Gasteiger partial charge < -0.3 is 39.5 Å². The summed E-state index contributed by atoms with van der Waals surface area (Å²) in [5.74, 6) is -2.26. The van der Waals surface area contributed by atoms with Gasteiger partial charge in [-0.15, -0.1) is 0 Å². The van der Waals surface area contributed by atoms with Crippen molar-refractivity contribution in [2.75, 3.05) is 0 Å². The number of aliphatic hydroxyl groups is 3. The molecule has 2 aromatic rings. The molecule has 11 nitrogen and oxygen atoms in total. The highest BCUT2D eigenvalue weighted by Crippen LogP contribution is 2.52. The van der Waals surface area contributed by atoms with E-state index in [0.717, 1.165) is 0 Å². The molecular formula is C28H27NO10. The summed E-state index contributed by atoms with van der Waals surface area (Å²) in [5.41, 5.74) is 0.709. The molecule has 0 spiro atoms. The van der Waals surface area contributed by atoms with Crippen LogP contribution in [0.4, 0.5) is 0 Å². The van der Waals surface area contributed by atoms with Gasteiger partial charge in [-0.2, -0.15) is 0 Å². The van der Waals surface area contributed by atoms with Gasteiger partial charge in [0.2, 0.25) is 18.3 Å². The summed E-state index contributed by atoms with van der Waals surface area (Å²) in [6, 6.07) is 6.32. The molecule has 0 radical (unpaired) electrons. The van der Waals surface area contributed by atoms with Crippen molar-refractivity contribution in [1.82, 2.24) is 4.90 Å². The minimum Gasteiger partial charge on any atom is -0.507 e. The monoisotopic (exact) mass is 537 g/mol. The molecule has 1 aliphatic carbocycles. The number of carbonyl (C=O) groups is 3. The largest absolute Gasteiger partial charge is 0.507 e. The van der Waals surface area contributed by atoms with E-state index in [9.17, 15) is 34.8 Å². The molecule has 4 N–H and O–H groups in total. The maximum Gasteiger partial charge on any atom is 0.333 e. The van der Waals surface area contributed by atoms with Crippen molar-refractivity contribution < 1.29 is 49.0 Å². The second kappa shape index (κ2) is 8.88. The standard InChI is InChI=1S/C28H27NO10/c1-10-7-14-19(15(31)8-10)21-23(29-22(11(2)30)28(36)39-27(14)29)26(35)20-13(25(21)34)5-4-6-17(20)38-18-9-16(32)24(33)12(3)37-18/h4-8,11-12,16,18,22,24,27,30-33H,9H2,1-3H3. The van der Waals surface area contributed by atoms with E-state index < -0.39 is 60.5 Å². The Bertz CT molecular complexity index is 1450. The van der Waals surface area contributed by atoms with E-state index in [1.807, 2.05) is 0 Å². The summed E-state index contributed by atoms with van der Waals surface area (Å²) in [7, 11) is 0. The minimum atomic E-state index is -1.28. The van der Waals surface area contributed by atoms with Crippen molar-refractivity contribution >= 4 is 23.1 Å². The van der Waals surface area contributed by atoms with Crippen molar-refractivity contribution in [1.29, 1.82) is 0 Å². The van der Waals surface area contributed by atoms with Crippen molar-refractivity contribution in [2.24, 2.45) is 0 Å². The lowest BCUT2D eigenvalue weighted by molar-refractivity contribution is -0.216. The molecule has 2 fully saturated rings. The van der Waals surface area contributed by atoms with Crippen molar-refractivity contribution in [3.8, 4) is 11.5 Å². The van der Waals surface area contributed by atoms with Crippen LogP contribution in [0.15, 0.2) is 36.0 Å². The Kier molecular flexibility index (Phi) is 5.81. The SMILES string of the molecule is Cc1cc(O)c2c(c1)C1OC(=O)C(C(C)O)N1C1=C2C(=O)c2cccc(OC3CC(O)C(O)C(C)O3)c2C1=O. The molecule has 3 heterocycles. The first-order valence-corrected chi connectivity index (χ1v) is 12.6. The molecule has 39 heavy (non-hydrogen) atoms. The molecule has 2 saturated heterocycles. The van der Waals surface area contributed by atoms with Gasteiger partial charge in [-0.05, 0) is 44.5 Å². The Labute approximate surface area is 222 Å². The first kappa shape index (κ1) is 25.5. The van der Waals surface area contributed by atoms with E-state index in [2.05, 4.69) is 0 Å². The van der Waals surface area contributed by atoms with Gasteiger partial charge in [0.05, 0.1) is 29.4 Å². The number of benzene rings is 2. The second-order valence-corrected chi connectivity index (χ2v) is 10.4.